The third kappa shape index (κ3) is 7.99. The number of azo groups is 3. The van der Waals surface area contributed by atoms with Crippen molar-refractivity contribution in [2.24, 2.45) is 30.7 Å². The van der Waals surface area contributed by atoms with Crippen LogP contribution in [0.3, 0.4) is 0 Å². The van der Waals surface area contributed by atoms with E-state index in [0.29, 0.717) is 40.1 Å². The third-order valence-electron chi connectivity index (χ3n) is 8.56. The molecule has 20 nitrogen and oxygen atoms in total. The zero-order valence-corrected chi connectivity index (χ0v) is 31.6. The fourth-order valence-corrected chi connectivity index (χ4v) is 7.45. The van der Waals surface area contributed by atoms with Crippen molar-refractivity contribution in [1.29, 1.82) is 0 Å². The summed E-state index contributed by atoms with van der Waals surface area (Å²) in [7, 11) is -9.45. The number of rotatable bonds is 11. The van der Waals surface area contributed by atoms with Crippen molar-refractivity contribution >= 4 is 105 Å². The number of hydrogen-bond donors (Lipinski definition) is 6. The Labute approximate surface area is 330 Å². The Hall–Kier alpha value is -6.57. The number of anilines is 1. The fourth-order valence-electron chi connectivity index (χ4n) is 5.82. The number of imide groups is 1. The van der Waals surface area contributed by atoms with Crippen LogP contribution in [0.25, 0.3) is 21.5 Å². The zero-order valence-electron chi connectivity index (χ0n) is 29.1. The number of nitrogens with two attached hydrogens (primary N) is 1. The molecule has 1 aliphatic heterocycles. The molecule has 0 saturated carbocycles. The highest BCUT2D eigenvalue weighted by molar-refractivity contribution is 7.94. The average molecular weight is 845 g/mol. The van der Waals surface area contributed by atoms with Crippen molar-refractivity contribution < 1.29 is 55.3 Å². The van der Waals surface area contributed by atoms with Crippen molar-refractivity contribution in [2.45, 2.75) is 21.6 Å². The van der Waals surface area contributed by atoms with Gasteiger partial charge in [-0.25, -0.2) is 5.26 Å². The summed E-state index contributed by atoms with van der Waals surface area (Å²) in [4.78, 5) is 22.6. The molecule has 1 heterocycles. The molecule has 2 amide bonds. The Bertz CT molecular complexity index is 3070. The monoisotopic (exact) mass is 844 g/mol. The zero-order chi connectivity index (χ0) is 41.5. The van der Waals surface area contributed by atoms with E-state index in [1.807, 2.05) is 0 Å². The van der Waals surface area contributed by atoms with Crippen LogP contribution >= 0.6 is 12.0 Å². The molecule has 7 N–H and O–H groups in total. The molecule has 7 rings (SSSR count). The van der Waals surface area contributed by atoms with Gasteiger partial charge >= 0.3 is 0 Å². The number of nitrogens with one attached hydrogen (secondary N) is 1. The summed E-state index contributed by atoms with van der Waals surface area (Å²) in [6, 6.07) is 19.4. The molecule has 1 aliphatic rings. The molecular weight excluding hydrogens is 821 g/mol. The number of hydrogen-bond acceptors (Lipinski definition) is 18. The quantitative estimate of drug-likeness (QED) is 0.0135. The van der Waals surface area contributed by atoms with E-state index in [9.17, 15) is 40.6 Å². The highest BCUT2D eigenvalue weighted by atomic mass is 32.2. The molecule has 0 aliphatic carbocycles. The van der Waals surface area contributed by atoms with Crippen LogP contribution in [0.4, 0.5) is 39.8 Å². The molecule has 294 valence electrons. The van der Waals surface area contributed by atoms with Gasteiger partial charge in [-0.2, -0.15) is 32.2 Å². The molecule has 0 bridgehead atoms. The summed E-state index contributed by atoms with van der Waals surface area (Å²) < 4.78 is 71.8. The predicted octanol–water partition coefficient (Wildman–Crippen LogP) is 8.64. The van der Waals surface area contributed by atoms with Crippen LogP contribution in [-0.4, -0.2) is 48.1 Å². The number of carbonyl (C=O) groups excluding carboxylic acids is 2. The second-order valence-corrected chi connectivity index (χ2v) is 15.8. The smallest absolute Gasteiger partial charge is 0.296 e. The van der Waals surface area contributed by atoms with Gasteiger partial charge in [-0.05, 0) is 96.7 Å². The van der Waals surface area contributed by atoms with Crippen LogP contribution in [0.1, 0.15) is 26.3 Å². The maximum absolute atomic E-state index is 12.1. The van der Waals surface area contributed by atoms with Gasteiger partial charge in [0.25, 0.3) is 32.1 Å². The fraction of sp³-hybridized carbons (Fsp3) is 0.0286. The molecular formula is C35H24N8O12S3. The molecule has 6 aromatic carbocycles. The van der Waals surface area contributed by atoms with Gasteiger partial charge in [-0.3, -0.25) is 24.0 Å². The first kappa shape index (κ1) is 39.7. The summed E-state index contributed by atoms with van der Waals surface area (Å²) in [6.07, 6.45) is 0. The molecule has 23 heteroatoms. The SMILES string of the molecule is Cc1cc(N=Nc2ccc(N=Nc3c(SOOO)cc4cc(S(=O)(=O)O)c(N)cc4c3O)c3cc(S(=O)(=O)O)ccc23)ccc1N=Nc1ccc2c(c1)C(=O)NC2=O. The third-order valence-corrected chi connectivity index (χ3v) is 10.9. The van der Waals surface area contributed by atoms with E-state index < -0.39 is 53.3 Å². The predicted molar refractivity (Wildman–Crippen MR) is 206 cm³/mol. The van der Waals surface area contributed by atoms with Crippen molar-refractivity contribution in [3.63, 3.8) is 0 Å². The van der Waals surface area contributed by atoms with E-state index in [1.54, 1.807) is 31.2 Å². The van der Waals surface area contributed by atoms with Gasteiger partial charge in [-0.15, -0.1) is 19.7 Å². The number of phenols is 1. The van der Waals surface area contributed by atoms with E-state index in [-0.39, 0.29) is 49.2 Å². The highest BCUT2D eigenvalue weighted by Crippen LogP contribution is 2.46. The van der Waals surface area contributed by atoms with Crippen molar-refractivity contribution in [2.75, 3.05) is 5.73 Å². The van der Waals surface area contributed by atoms with Crippen LogP contribution in [-0.2, 0) is 29.6 Å². The first-order valence-electron chi connectivity index (χ1n) is 16.1. The second kappa shape index (κ2) is 15.4. The number of aryl methyl sites for hydroxylation is 1. The topological polar surface area (TPSA) is 314 Å². The van der Waals surface area contributed by atoms with Gasteiger partial charge in [0.15, 0.2) is 5.75 Å². The van der Waals surface area contributed by atoms with Crippen molar-refractivity contribution in [3.8, 4) is 5.75 Å². The van der Waals surface area contributed by atoms with E-state index in [1.165, 1.54) is 36.4 Å². The standard InChI is InChI=1S/C35H24N8O12S3/c1-16-10-18(3-7-27(16)40-39-19-2-5-22-25(13-19)35(46)37-34(22)45)38-41-28-8-9-29(24-14-20(57(48,49)50)4-6-21(24)28)42-43-32-30(56-55-54-47)11-17-12-31(58(51,52)53)26(36)15-23(17)33(32)44/h2-15,44,47H,36H2,1H3,(H,37,45,46)(H,48,49,50)(H,51,52,53). The molecule has 0 unspecified atom stereocenters. The Morgan fingerprint density at radius 1 is 0.672 bits per heavy atom. The van der Waals surface area contributed by atoms with Gasteiger partial charge in [0, 0.05) is 16.2 Å². The minimum Gasteiger partial charge on any atom is -0.505 e. The van der Waals surface area contributed by atoms with E-state index in [4.69, 9.17) is 11.0 Å². The number of carbonyl (C=O) groups is 2. The average Bonchev–Trinajstić information content (AvgIpc) is 3.46. The minimum atomic E-state index is -4.75. The van der Waals surface area contributed by atoms with E-state index >= 15 is 0 Å². The maximum Gasteiger partial charge on any atom is 0.296 e. The maximum atomic E-state index is 12.1. The molecule has 0 fully saturated rings. The molecule has 0 aromatic heterocycles. The van der Waals surface area contributed by atoms with Crippen molar-refractivity contribution in [3.05, 3.63) is 102 Å². The summed E-state index contributed by atoms with van der Waals surface area (Å²) in [5.41, 5.74) is 7.81. The van der Waals surface area contributed by atoms with Gasteiger partial charge < -0.3 is 10.8 Å². The highest BCUT2D eigenvalue weighted by Gasteiger charge is 2.27. The molecule has 6 aromatic rings. The van der Waals surface area contributed by atoms with Gasteiger partial charge in [0.2, 0.25) is 0 Å². The van der Waals surface area contributed by atoms with E-state index in [0.717, 1.165) is 24.3 Å². The number of phenolic OH excluding ortho intramolecular Hbond substituents is 1. The molecule has 58 heavy (non-hydrogen) atoms. The first-order chi connectivity index (χ1) is 27.5. The van der Waals surface area contributed by atoms with Crippen LogP contribution in [0.15, 0.2) is 130 Å². The summed E-state index contributed by atoms with van der Waals surface area (Å²) >= 11 is 0.349. The summed E-state index contributed by atoms with van der Waals surface area (Å²) in [5, 5.41) is 51.8. The first-order valence-corrected chi connectivity index (χ1v) is 19.8. The molecule has 0 saturated heterocycles. The lowest BCUT2D eigenvalue weighted by Crippen LogP contribution is -2.19. The van der Waals surface area contributed by atoms with Crippen LogP contribution in [0, 0.1) is 6.92 Å². The van der Waals surface area contributed by atoms with Gasteiger partial charge in [-0.1, -0.05) is 11.1 Å². The molecule has 0 spiro atoms. The largest absolute Gasteiger partial charge is 0.505 e. The number of aromatic hydroxyl groups is 1. The number of nitrogens with zero attached hydrogens (tertiary/aromatic N) is 6. The second-order valence-electron chi connectivity index (χ2n) is 12.3. The number of nitrogen functional groups attached to an aromatic ring is 1. The van der Waals surface area contributed by atoms with Crippen molar-refractivity contribution in [1.82, 2.24) is 5.32 Å². The Kier molecular flexibility index (Phi) is 10.5. The molecule has 0 atom stereocenters. The Balaban J connectivity index is 1.23. The lowest BCUT2D eigenvalue weighted by atomic mass is 10.1. The number of fused-ring (bicyclic) bond motifs is 3. The minimum absolute atomic E-state index is 0.0120. The lowest BCUT2D eigenvalue weighted by molar-refractivity contribution is -0.432. The molecule has 0 radical (unpaired) electrons. The van der Waals surface area contributed by atoms with Gasteiger partial charge in [0.05, 0.1) is 67.1 Å². The van der Waals surface area contributed by atoms with E-state index in [2.05, 4.69) is 45.4 Å². The van der Waals surface area contributed by atoms with Gasteiger partial charge in [0.1, 0.15) is 10.6 Å². The summed E-state index contributed by atoms with van der Waals surface area (Å²) in [6.45, 7) is 1.76. The van der Waals surface area contributed by atoms with Crippen LogP contribution in [0.5, 0.6) is 5.75 Å². The van der Waals surface area contributed by atoms with Crippen LogP contribution in [0.2, 0.25) is 0 Å². The Morgan fingerprint density at radius 3 is 2.00 bits per heavy atom. The lowest BCUT2D eigenvalue weighted by Gasteiger charge is -2.11. The number of amides is 2. The van der Waals surface area contributed by atoms with Crippen LogP contribution < -0.4 is 11.1 Å². The normalized spacial score (nSPS) is 13.4. The Morgan fingerprint density at radius 2 is 1.31 bits per heavy atom. The number of benzene rings is 6. The summed E-state index contributed by atoms with van der Waals surface area (Å²) in [5.74, 6) is -1.57.